The molecule has 1 atom stereocenters. The summed E-state index contributed by atoms with van der Waals surface area (Å²) in [6.07, 6.45) is 1.57. The Bertz CT molecular complexity index is 1070. The van der Waals surface area contributed by atoms with Crippen molar-refractivity contribution >= 4 is 28.4 Å². The van der Waals surface area contributed by atoms with Crippen LogP contribution in [-0.2, 0) is 10.2 Å². The topological polar surface area (TPSA) is 78.1 Å². The molecule has 1 aromatic heterocycles. The first-order valence-corrected chi connectivity index (χ1v) is 10.5. The number of aromatic nitrogens is 2. The van der Waals surface area contributed by atoms with E-state index in [1.165, 1.54) is 0 Å². The van der Waals surface area contributed by atoms with Crippen LogP contribution in [0.1, 0.15) is 49.7 Å². The number of rotatable bonds is 3. The van der Waals surface area contributed by atoms with Crippen LogP contribution >= 0.6 is 0 Å². The van der Waals surface area contributed by atoms with Crippen molar-refractivity contribution in [2.75, 3.05) is 18.4 Å². The Balaban J connectivity index is 1.47. The molecular formula is C24H28N4O2. The van der Waals surface area contributed by atoms with E-state index in [9.17, 15) is 9.59 Å². The van der Waals surface area contributed by atoms with Crippen LogP contribution in [0.3, 0.4) is 0 Å². The zero-order valence-electron chi connectivity index (χ0n) is 17.7. The van der Waals surface area contributed by atoms with Crippen molar-refractivity contribution in [1.29, 1.82) is 0 Å². The third-order valence-electron chi connectivity index (χ3n) is 5.74. The lowest BCUT2D eigenvalue weighted by atomic mass is 9.92. The summed E-state index contributed by atoms with van der Waals surface area (Å²) in [5, 5.41) is 12.1. The maximum atomic E-state index is 13.2. The van der Waals surface area contributed by atoms with Crippen molar-refractivity contribution in [3.05, 3.63) is 59.8 Å². The van der Waals surface area contributed by atoms with Gasteiger partial charge in [-0.15, -0.1) is 0 Å². The number of aromatic amines is 1. The summed E-state index contributed by atoms with van der Waals surface area (Å²) in [5.74, 6) is 0.186. The van der Waals surface area contributed by atoms with E-state index in [4.69, 9.17) is 0 Å². The fourth-order valence-corrected chi connectivity index (χ4v) is 3.96. The Hall–Kier alpha value is -3.15. The maximum absolute atomic E-state index is 13.2. The molecule has 1 saturated heterocycles. The summed E-state index contributed by atoms with van der Waals surface area (Å²) >= 11 is 0. The minimum atomic E-state index is -0.243. The average Bonchev–Trinajstić information content (AvgIpc) is 3.22. The van der Waals surface area contributed by atoms with E-state index in [0.29, 0.717) is 24.5 Å². The number of amides is 2. The highest BCUT2D eigenvalue weighted by molar-refractivity contribution is 6.07. The molecule has 2 N–H and O–H groups in total. The van der Waals surface area contributed by atoms with Gasteiger partial charge in [-0.05, 0) is 29.7 Å². The molecule has 1 aliphatic rings. The second kappa shape index (κ2) is 7.94. The minimum Gasteiger partial charge on any atom is -0.338 e. The van der Waals surface area contributed by atoms with E-state index in [1.807, 2.05) is 48.5 Å². The molecule has 156 valence electrons. The molecule has 6 heteroatoms. The van der Waals surface area contributed by atoms with Gasteiger partial charge in [-0.2, -0.15) is 5.10 Å². The first kappa shape index (κ1) is 20.1. The molecule has 2 aromatic carbocycles. The second-order valence-corrected chi connectivity index (χ2v) is 9.02. The number of likely N-dealkylation sites (tertiary alicyclic amines) is 1. The predicted molar refractivity (Wildman–Crippen MR) is 118 cm³/mol. The SMILES string of the molecule is CC(C)(C)c1cc(NC(=O)C2CCCN(C(=O)c3cccc4ccccc34)C2)n[nH]1. The lowest BCUT2D eigenvalue weighted by Gasteiger charge is -2.32. The summed E-state index contributed by atoms with van der Waals surface area (Å²) in [5.41, 5.74) is 1.59. The molecule has 1 aliphatic heterocycles. The highest BCUT2D eigenvalue weighted by atomic mass is 16.2. The standard InChI is InChI=1S/C24H28N4O2/c1-24(2,3)20-14-21(27-26-20)25-22(29)17-10-7-13-28(15-17)23(30)19-12-6-9-16-8-4-5-11-18(16)19/h4-6,8-9,11-12,14,17H,7,10,13,15H2,1-3H3,(H2,25,26,27,29). The summed E-state index contributed by atoms with van der Waals surface area (Å²) in [7, 11) is 0. The smallest absolute Gasteiger partial charge is 0.254 e. The van der Waals surface area contributed by atoms with Gasteiger partial charge in [-0.3, -0.25) is 14.7 Å². The number of hydrogen-bond acceptors (Lipinski definition) is 3. The first-order valence-electron chi connectivity index (χ1n) is 10.5. The van der Waals surface area contributed by atoms with Crippen molar-refractivity contribution in [2.45, 2.75) is 39.0 Å². The van der Waals surface area contributed by atoms with Crippen molar-refractivity contribution in [3.8, 4) is 0 Å². The van der Waals surface area contributed by atoms with E-state index in [1.54, 1.807) is 4.90 Å². The molecule has 4 rings (SSSR count). The molecule has 0 saturated carbocycles. The quantitative estimate of drug-likeness (QED) is 0.681. The number of fused-ring (bicyclic) bond motifs is 1. The summed E-state index contributed by atoms with van der Waals surface area (Å²) in [4.78, 5) is 27.9. The van der Waals surface area contributed by atoms with Gasteiger partial charge in [-0.25, -0.2) is 0 Å². The number of piperidine rings is 1. The predicted octanol–water partition coefficient (Wildman–Crippen LogP) is 4.35. The number of carbonyl (C=O) groups is 2. The minimum absolute atomic E-state index is 0.0147. The lowest BCUT2D eigenvalue weighted by molar-refractivity contribution is -0.121. The molecule has 1 unspecified atom stereocenters. The van der Waals surface area contributed by atoms with Crippen LogP contribution in [0.5, 0.6) is 0 Å². The van der Waals surface area contributed by atoms with Gasteiger partial charge in [0.15, 0.2) is 5.82 Å². The molecule has 2 heterocycles. The number of benzene rings is 2. The number of nitrogens with one attached hydrogen (secondary N) is 2. The fraction of sp³-hybridized carbons (Fsp3) is 0.375. The maximum Gasteiger partial charge on any atom is 0.254 e. The highest BCUT2D eigenvalue weighted by Gasteiger charge is 2.30. The zero-order valence-corrected chi connectivity index (χ0v) is 17.7. The molecule has 0 radical (unpaired) electrons. The van der Waals surface area contributed by atoms with Gasteiger partial charge >= 0.3 is 0 Å². The van der Waals surface area contributed by atoms with Crippen molar-refractivity contribution in [3.63, 3.8) is 0 Å². The highest BCUT2D eigenvalue weighted by Crippen LogP contribution is 2.25. The fourth-order valence-electron chi connectivity index (χ4n) is 3.96. The average molecular weight is 405 g/mol. The zero-order chi connectivity index (χ0) is 21.3. The monoisotopic (exact) mass is 404 g/mol. The van der Waals surface area contributed by atoms with E-state index in [0.717, 1.165) is 29.3 Å². The third-order valence-corrected chi connectivity index (χ3v) is 5.74. The molecular weight excluding hydrogens is 376 g/mol. The number of H-pyrrole nitrogens is 1. The second-order valence-electron chi connectivity index (χ2n) is 9.02. The summed E-state index contributed by atoms with van der Waals surface area (Å²) in [6.45, 7) is 7.35. The molecule has 30 heavy (non-hydrogen) atoms. The van der Waals surface area contributed by atoms with E-state index >= 15 is 0 Å². The van der Waals surface area contributed by atoms with Gasteiger partial charge in [-0.1, -0.05) is 57.2 Å². The molecule has 3 aromatic rings. The Morgan fingerprint density at radius 1 is 1.13 bits per heavy atom. The van der Waals surface area contributed by atoms with Gasteiger partial charge < -0.3 is 10.2 Å². The summed E-state index contributed by atoms with van der Waals surface area (Å²) in [6, 6.07) is 15.6. The van der Waals surface area contributed by atoms with Gasteiger partial charge in [0.05, 0.1) is 5.92 Å². The molecule has 0 spiro atoms. The van der Waals surface area contributed by atoms with Crippen LogP contribution in [0.2, 0.25) is 0 Å². The Labute approximate surface area is 176 Å². The molecule has 6 nitrogen and oxygen atoms in total. The molecule has 0 bridgehead atoms. The van der Waals surface area contributed by atoms with Crippen LogP contribution in [0.25, 0.3) is 10.8 Å². The Morgan fingerprint density at radius 2 is 1.90 bits per heavy atom. The van der Waals surface area contributed by atoms with Crippen LogP contribution in [0.15, 0.2) is 48.5 Å². The first-order chi connectivity index (χ1) is 14.3. The van der Waals surface area contributed by atoms with Crippen LogP contribution in [0, 0.1) is 5.92 Å². The largest absolute Gasteiger partial charge is 0.338 e. The Kier molecular flexibility index (Phi) is 5.33. The number of carbonyl (C=O) groups excluding carboxylic acids is 2. The van der Waals surface area contributed by atoms with Gasteiger partial charge in [0.2, 0.25) is 5.91 Å². The van der Waals surface area contributed by atoms with Crippen LogP contribution in [0.4, 0.5) is 5.82 Å². The van der Waals surface area contributed by atoms with Gasteiger partial charge in [0.25, 0.3) is 5.91 Å². The number of nitrogens with zero attached hydrogens (tertiary/aromatic N) is 2. The van der Waals surface area contributed by atoms with Gasteiger partial charge in [0, 0.05) is 35.8 Å². The van der Waals surface area contributed by atoms with Gasteiger partial charge in [0.1, 0.15) is 0 Å². The summed E-state index contributed by atoms with van der Waals surface area (Å²) < 4.78 is 0. The molecule has 0 aliphatic carbocycles. The normalized spacial score (nSPS) is 17.2. The Morgan fingerprint density at radius 3 is 2.67 bits per heavy atom. The third kappa shape index (κ3) is 4.08. The number of hydrogen-bond donors (Lipinski definition) is 2. The van der Waals surface area contributed by atoms with E-state index in [-0.39, 0.29) is 23.1 Å². The molecule has 1 fully saturated rings. The van der Waals surface area contributed by atoms with E-state index in [2.05, 4.69) is 36.3 Å². The molecule has 2 amide bonds. The van der Waals surface area contributed by atoms with Crippen molar-refractivity contribution < 1.29 is 9.59 Å². The van der Waals surface area contributed by atoms with Crippen LogP contribution < -0.4 is 5.32 Å². The number of anilines is 1. The van der Waals surface area contributed by atoms with E-state index < -0.39 is 0 Å². The lowest BCUT2D eigenvalue weighted by Crippen LogP contribution is -2.43. The van der Waals surface area contributed by atoms with Crippen LogP contribution in [-0.4, -0.2) is 40.0 Å². The van der Waals surface area contributed by atoms with Crippen molar-refractivity contribution in [1.82, 2.24) is 15.1 Å². The van der Waals surface area contributed by atoms with Crippen molar-refractivity contribution in [2.24, 2.45) is 5.92 Å².